The van der Waals surface area contributed by atoms with Gasteiger partial charge in [0.25, 0.3) is 0 Å². The molecule has 0 amide bonds. The molecule has 0 aromatic carbocycles. The molecular formula is C13H28N2S. The second-order valence-corrected chi connectivity index (χ2v) is 6.67. The second-order valence-electron chi connectivity index (χ2n) is 5.52. The summed E-state index contributed by atoms with van der Waals surface area (Å²) in [5.74, 6) is 4.17. The van der Waals surface area contributed by atoms with Gasteiger partial charge in [-0.3, -0.25) is 0 Å². The Kier molecular flexibility index (Phi) is 6.78. The van der Waals surface area contributed by atoms with Crippen molar-refractivity contribution in [3.63, 3.8) is 0 Å². The molecule has 1 heterocycles. The fraction of sp³-hybridized carbons (Fsp3) is 1.00. The van der Waals surface area contributed by atoms with Gasteiger partial charge in [0.15, 0.2) is 0 Å². The van der Waals surface area contributed by atoms with Crippen molar-refractivity contribution in [2.45, 2.75) is 39.2 Å². The van der Waals surface area contributed by atoms with E-state index in [-0.39, 0.29) is 0 Å². The largest absolute Gasteiger partial charge is 0.330 e. The van der Waals surface area contributed by atoms with E-state index in [4.69, 9.17) is 5.73 Å². The molecule has 0 aromatic heterocycles. The minimum Gasteiger partial charge on any atom is -0.330 e. The molecule has 2 nitrogen and oxygen atoms in total. The van der Waals surface area contributed by atoms with Gasteiger partial charge >= 0.3 is 0 Å². The van der Waals surface area contributed by atoms with Crippen LogP contribution in [0.3, 0.4) is 0 Å². The molecule has 2 atom stereocenters. The predicted molar refractivity (Wildman–Crippen MR) is 75.0 cm³/mol. The van der Waals surface area contributed by atoms with E-state index in [0.717, 1.165) is 24.4 Å². The van der Waals surface area contributed by atoms with Crippen LogP contribution in [0.25, 0.3) is 0 Å². The van der Waals surface area contributed by atoms with Crippen molar-refractivity contribution < 1.29 is 0 Å². The van der Waals surface area contributed by atoms with Crippen molar-refractivity contribution in [1.82, 2.24) is 4.90 Å². The van der Waals surface area contributed by atoms with E-state index in [1.54, 1.807) is 0 Å². The quantitative estimate of drug-likeness (QED) is 0.746. The molecule has 3 heteroatoms. The molecule has 1 rings (SSSR count). The van der Waals surface area contributed by atoms with Crippen LogP contribution in [0.5, 0.6) is 0 Å². The Labute approximate surface area is 105 Å². The first kappa shape index (κ1) is 14.3. The summed E-state index contributed by atoms with van der Waals surface area (Å²) in [6.45, 7) is 6.66. The average Bonchev–Trinajstić information content (AvgIpc) is 2.76. The van der Waals surface area contributed by atoms with Gasteiger partial charge < -0.3 is 10.6 Å². The van der Waals surface area contributed by atoms with Gasteiger partial charge in [-0.15, -0.1) is 0 Å². The van der Waals surface area contributed by atoms with Gasteiger partial charge in [0.2, 0.25) is 0 Å². The van der Waals surface area contributed by atoms with Gasteiger partial charge in [0.05, 0.1) is 0 Å². The zero-order valence-corrected chi connectivity index (χ0v) is 11.9. The Morgan fingerprint density at radius 2 is 2.19 bits per heavy atom. The summed E-state index contributed by atoms with van der Waals surface area (Å²) in [6, 6.07) is 0.822. The molecule has 0 radical (unpaired) electrons. The van der Waals surface area contributed by atoms with E-state index in [2.05, 4.69) is 37.6 Å². The Morgan fingerprint density at radius 1 is 1.44 bits per heavy atom. The molecule has 96 valence electrons. The van der Waals surface area contributed by atoms with Crippen molar-refractivity contribution in [3.05, 3.63) is 0 Å². The van der Waals surface area contributed by atoms with Crippen LogP contribution in [0.1, 0.15) is 33.1 Å². The van der Waals surface area contributed by atoms with Crippen LogP contribution in [0.15, 0.2) is 0 Å². The summed E-state index contributed by atoms with van der Waals surface area (Å²) < 4.78 is 0. The monoisotopic (exact) mass is 244 g/mol. The number of hydrogen-bond acceptors (Lipinski definition) is 3. The Morgan fingerprint density at radius 3 is 2.69 bits per heavy atom. The third-order valence-electron chi connectivity index (χ3n) is 3.56. The molecule has 0 saturated carbocycles. The molecule has 1 aliphatic heterocycles. The van der Waals surface area contributed by atoms with Crippen LogP contribution in [-0.4, -0.2) is 42.6 Å². The maximum absolute atomic E-state index is 5.84. The van der Waals surface area contributed by atoms with Crippen LogP contribution in [-0.2, 0) is 0 Å². The second kappa shape index (κ2) is 7.57. The van der Waals surface area contributed by atoms with Crippen molar-refractivity contribution >= 4 is 11.8 Å². The highest BCUT2D eigenvalue weighted by Crippen LogP contribution is 2.22. The summed E-state index contributed by atoms with van der Waals surface area (Å²) in [6.07, 6.45) is 3.93. The molecular weight excluding hydrogens is 216 g/mol. The zero-order chi connectivity index (χ0) is 12.0. The smallest absolute Gasteiger partial charge is 0.0191 e. The van der Waals surface area contributed by atoms with Gasteiger partial charge in [-0.1, -0.05) is 13.8 Å². The Bertz CT molecular complexity index is 177. The standard InChI is InChI=1S/C13H28N2S/c1-11(2)8-12(9-14)4-6-15(3)13-5-7-16-10-13/h11-13H,4-10,14H2,1-3H3. The molecule has 0 aromatic rings. The van der Waals surface area contributed by atoms with Crippen LogP contribution >= 0.6 is 11.8 Å². The van der Waals surface area contributed by atoms with Crippen LogP contribution in [0, 0.1) is 11.8 Å². The van der Waals surface area contributed by atoms with Gasteiger partial charge in [-0.05, 0) is 57.0 Å². The van der Waals surface area contributed by atoms with E-state index in [1.165, 1.54) is 37.3 Å². The predicted octanol–water partition coefficient (Wildman–Crippen LogP) is 2.43. The minimum atomic E-state index is 0.719. The van der Waals surface area contributed by atoms with Crippen molar-refractivity contribution in [2.24, 2.45) is 17.6 Å². The normalized spacial score (nSPS) is 23.2. The van der Waals surface area contributed by atoms with Crippen molar-refractivity contribution in [3.8, 4) is 0 Å². The van der Waals surface area contributed by atoms with Crippen molar-refractivity contribution in [1.29, 1.82) is 0 Å². The molecule has 1 fully saturated rings. The SMILES string of the molecule is CC(C)CC(CN)CCN(C)C1CCSC1. The lowest BCUT2D eigenvalue weighted by Crippen LogP contribution is -2.34. The number of rotatable bonds is 7. The molecule has 2 unspecified atom stereocenters. The highest BCUT2D eigenvalue weighted by atomic mass is 32.2. The van der Waals surface area contributed by atoms with Gasteiger partial charge in [0.1, 0.15) is 0 Å². The highest BCUT2D eigenvalue weighted by Gasteiger charge is 2.20. The number of hydrogen-bond donors (Lipinski definition) is 1. The minimum absolute atomic E-state index is 0.719. The van der Waals surface area contributed by atoms with Crippen molar-refractivity contribution in [2.75, 3.05) is 31.6 Å². The van der Waals surface area contributed by atoms with Gasteiger partial charge in [-0.2, -0.15) is 11.8 Å². The number of nitrogens with two attached hydrogens (primary N) is 1. The van der Waals surface area contributed by atoms with E-state index in [0.29, 0.717) is 0 Å². The fourth-order valence-corrected chi connectivity index (χ4v) is 3.74. The summed E-state index contributed by atoms with van der Waals surface area (Å²) in [5.41, 5.74) is 5.84. The van der Waals surface area contributed by atoms with E-state index < -0.39 is 0 Å². The molecule has 2 N–H and O–H groups in total. The summed E-state index contributed by atoms with van der Waals surface area (Å²) >= 11 is 2.09. The number of thioether (sulfide) groups is 1. The third kappa shape index (κ3) is 5.07. The summed E-state index contributed by atoms with van der Waals surface area (Å²) in [5, 5.41) is 0. The highest BCUT2D eigenvalue weighted by molar-refractivity contribution is 7.99. The first-order chi connectivity index (χ1) is 7.63. The Balaban J connectivity index is 2.20. The van der Waals surface area contributed by atoms with E-state index in [1.807, 2.05) is 0 Å². The number of nitrogens with zero attached hydrogens (tertiary/aromatic N) is 1. The van der Waals surface area contributed by atoms with Crippen LogP contribution in [0.4, 0.5) is 0 Å². The zero-order valence-electron chi connectivity index (χ0n) is 11.1. The van der Waals surface area contributed by atoms with Crippen LogP contribution < -0.4 is 5.73 Å². The molecule has 0 spiro atoms. The van der Waals surface area contributed by atoms with E-state index in [9.17, 15) is 0 Å². The van der Waals surface area contributed by atoms with Gasteiger partial charge in [0, 0.05) is 11.8 Å². The fourth-order valence-electron chi connectivity index (χ4n) is 2.44. The maximum Gasteiger partial charge on any atom is 0.0191 e. The molecule has 0 bridgehead atoms. The first-order valence-corrected chi connectivity index (χ1v) is 7.77. The molecule has 16 heavy (non-hydrogen) atoms. The Hall–Kier alpha value is 0.270. The topological polar surface area (TPSA) is 29.3 Å². The third-order valence-corrected chi connectivity index (χ3v) is 4.70. The summed E-state index contributed by atoms with van der Waals surface area (Å²) in [4.78, 5) is 2.54. The average molecular weight is 244 g/mol. The lowest BCUT2D eigenvalue weighted by atomic mass is 9.94. The lowest BCUT2D eigenvalue weighted by Gasteiger charge is -2.26. The lowest BCUT2D eigenvalue weighted by molar-refractivity contribution is 0.234. The first-order valence-electron chi connectivity index (χ1n) is 6.61. The van der Waals surface area contributed by atoms with Gasteiger partial charge in [-0.25, -0.2) is 0 Å². The van der Waals surface area contributed by atoms with Crippen LogP contribution in [0.2, 0.25) is 0 Å². The summed E-state index contributed by atoms with van der Waals surface area (Å²) in [7, 11) is 2.28. The molecule has 1 aliphatic rings. The molecule has 0 aliphatic carbocycles. The maximum atomic E-state index is 5.84. The van der Waals surface area contributed by atoms with E-state index >= 15 is 0 Å². The molecule has 1 saturated heterocycles.